The van der Waals surface area contributed by atoms with Gasteiger partial charge in [-0.25, -0.2) is 4.99 Å². The fraction of sp³-hybridized carbons (Fsp3) is 0.462. The highest BCUT2D eigenvalue weighted by Crippen LogP contribution is 2.40. The van der Waals surface area contributed by atoms with E-state index in [0.29, 0.717) is 18.2 Å². The Bertz CT molecular complexity index is 1030. The molecule has 2 fully saturated rings. The zero-order chi connectivity index (χ0) is 22.1. The number of aryl methyl sites for hydroxylation is 1. The van der Waals surface area contributed by atoms with Gasteiger partial charge in [0.25, 0.3) is 0 Å². The molecule has 0 N–H and O–H groups in total. The van der Waals surface area contributed by atoms with Crippen LogP contribution in [0.2, 0.25) is 0 Å². The summed E-state index contributed by atoms with van der Waals surface area (Å²) in [6.07, 6.45) is 5.69. The summed E-state index contributed by atoms with van der Waals surface area (Å²) >= 11 is 0. The lowest BCUT2D eigenvalue weighted by molar-refractivity contribution is -0.133. The summed E-state index contributed by atoms with van der Waals surface area (Å²) in [5.74, 6) is 4.04. The number of hydrogen-bond donors (Lipinski definition) is 0. The molecule has 0 aromatic heterocycles. The average molecular weight is 434 g/mol. The third kappa shape index (κ3) is 4.18. The molecule has 1 aliphatic carbocycles. The van der Waals surface area contributed by atoms with E-state index in [2.05, 4.69) is 11.0 Å². The second-order valence-electron chi connectivity index (χ2n) is 9.09. The fourth-order valence-corrected chi connectivity index (χ4v) is 4.99. The van der Waals surface area contributed by atoms with Crippen molar-refractivity contribution in [3.05, 3.63) is 47.5 Å². The van der Waals surface area contributed by atoms with Crippen LogP contribution in [0.5, 0.6) is 17.2 Å². The summed E-state index contributed by atoms with van der Waals surface area (Å²) in [5.41, 5.74) is 2.90. The van der Waals surface area contributed by atoms with Gasteiger partial charge < -0.3 is 19.3 Å². The summed E-state index contributed by atoms with van der Waals surface area (Å²) in [6.45, 7) is 5.05. The average Bonchev–Trinajstić information content (AvgIpc) is 3.26. The molecule has 3 aliphatic rings. The molecule has 0 spiro atoms. The maximum absolute atomic E-state index is 12.8. The molecule has 168 valence electrons. The molecule has 0 unspecified atom stereocenters. The summed E-state index contributed by atoms with van der Waals surface area (Å²) < 4.78 is 11.7. The number of nitrogens with zero attached hydrogens (tertiary/aromatic N) is 3. The Balaban J connectivity index is 1.38. The quantitative estimate of drug-likeness (QED) is 0.690. The lowest BCUT2D eigenvalue weighted by Crippen LogP contribution is -2.51. The third-order valence-corrected chi connectivity index (χ3v) is 6.86. The molecule has 2 aliphatic heterocycles. The summed E-state index contributed by atoms with van der Waals surface area (Å²) in [5, 5.41) is 0. The molecule has 6 heteroatoms. The molecule has 1 saturated heterocycles. The van der Waals surface area contributed by atoms with E-state index in [0.717, 1.165) is 66.1 Å². The fourth-order valence-electron chi connectivity index (χ4n) is 4.99. The number of ether oxygens (including phenoxy) is 2. The van der Waals surface area contributed by atoms with Crippen LogP contribution in [0.4, 0.5) is 5.69 Å². The van der Waals surface area contributed by atoms with Gasteiger partial charge in [-0.05, 0) is 55.5 Å². The zero-order valence-corrected chi connectivity index (χ0v) is 19.0. The SMILES string of the molecule is COc1ccc2c(c1)Oc1cc(C)ccc1N=C2N1CCN(C(=O)CC2CCCC2)CC1. The molecule has 2 heterocycles. The minimum atomic E-state index is 0.314. The summed E-state index contributed by atoms with van der Waals surface area (Å²) in [6, 6.07) is 12.0. The number of hydrogen-bond acceptors (Lipinski definition) is 5. The van der Waals surface area contributed by atoms with Crippen LogP contribution in [0.3, 0.4) is 0 Å². The van der Waals surface area contributed by atoms with Crippen molar-refractivity contribution in [1.29, 1.82) is 0 Å². The van der Waals surface area contributed by atoms with Crippen molar-refractivity contribution in [3.8, 4) is 17.2 Å². The molecule has 1 amide bonds. The standard InChI is InChI=1S/C26H31N3O3/c1-18-7-10-22-24(15-18)32-23-17-20(31-2)8-9-21(23)26(27-22)29-13-11-28(12-14-29)25(30)16-19-5-3-4-6-19/h7-10,15,17,19H,3-6,11-14,16H2,1-2H3. The van der Waals surface area contributed by atoms with E-state index in [-0.39, 0.29) is 0 Å². The van der Waals surface area contributed by atoms with E-state index in [1.54, 1.807) is 7.11 Å². The first-order chi connectivity index (χ1) is 15.6. The van der Waals surface area contributed by atoms with Crippen LogP contribution in [-0.4, -0.2) is 54.8 Å². The van der Waals surface area contributed by atoms with Crippen LogP contribution in [0.15, 0.2) is 41.4 Å². The van der Waals surface area contributed by atoms with E-state index in [1.807, 2.05) is 42.2 Å². The zero-order valence-electron chi connectivity index (χ0n) is 19.0. The van der Waals surface area contributed by atoms with Crippen molar-refractivity contribution >= 4 is 17.4 Å². The summed E-state index contributed by atoms with van der Waals surface area (Å²) in [4.78, 5) is 22.1. The number of fused-ring (bicyclic) bond motifs is 2. The molecule has 1 saturated carbocycles. The minimum absolute atomic E-state index is 0.314. The van der Waals surface area contributed by atoms with Crippen molar-refractivity contribution in [2.24, 2.45) is 10.9 Å². The van der Waals surface area contributed by atoms with Crippen molar-refractivity contribution in [2.45, 2.75) is 39.0 Å². The lowest BCUT2D eigenvalue weighted by atomic mass is 10.0. The highest BCUT2D eigenvalue weighted by molar-refractivity contribution is 6.04. The maximum atomic E-state index is 12.8. The molecule has 6 nitrogen and oxygen atoms in total. The highest BCUT2D eigenvalue weighted by atomic mass is 16.5. The Labute approximate surface area is 189 Å². The molecular weight excluding hydrogens is 402 g/mol. The number of methoxy groups -OCH3 is 1. The van der Waals surface area contributed by atoms with E-state index in [9.17, 15) is 4.79 Å². The second-order valence-corrected chi connectivity index (χ2v) is 9.09. The second kappa shape index (κ2) is 8.85. The molecule has 2 aromatic carbocycles. The van der Waals surface area contributed by atoms with Crippen LogP contribution in [0.1, 0.15) is 43.2 Å². The van der Waals surface area contributed by atoms with Gasteiger partial charge >= 0.3 is 0 Å². The number of amides is 1. The molecule has 0 bridgehead atoms. The molecule has 5 rings (SSSR count). The Hall–Kier alpha value is -3.02. The van der Waals surface area contributed by atoms with Gasteiger partial charge in [0.15, 0.2) is 5.75 Å². The minimum Gasteiger partial charge on any atom is -0.497 e. The Morgan fingerprint density at radius 1 is 1.06 bits per heavy atom. The summed E-state index contributed by atoms with van der Waals surface area (Å²) in [7, 11) is 1.66. The van der Waals surface area contributed by atoms with Crippen LogP contribution < -0.4 is 9.47 Å². The molecule has 0 atom stereocenters. The van der Waals surface area contributed by atoms with Gasteiger partial charge in [0, 0.05) is 38.7 Å². The lowest BCUT2D eigenvalue weighted by Gasteiger charge is -2.37. The van der Waals surface area contributed by atoms with Crippen LogP contribution in [0.25, 0.3) is 0 Å². The van der Waals surface area contributed by atoms with E-state index in [4.69, 9.17) is 14.5 Å². The normalized spacial score (nSPS) is 18.4. The topological polar surface area (TPSA) is 54.4 Å². The number of rotatable bonds is 3. The van der Waals surface area contributed by atoms with Gasteiger partial charge in [-0.3, -0.25) is 4.79 Å². The van der Waals surface area contributed by atoms with Crippen molar-refractivity contribution in [1.82, 2.24) is 9.80 Å². The van der Waals surface area contributed by atoms with Crippen LogP contribution >= 0.6 is 0 Å². The number of aliphatic imine (C=N–C) groups is 1. The predicted molar refractivity (Wildman–Crippen MR) is 125 cm³/mol. The van der Waals surface area contributed by atoms with Gasteiger partial charge in [0.05, 0.1) is 12.7 Å². The first-order valence-corrected chi connectivity index (χ1v) is 11.7. The van der Waals surface area contributed by atoms with Gasteiger partial charge in [-0.2, -0.15) is 0 Å². The number of carbonyl (C=O) groups excluding carboxylic acids is 1. The molecule has 32 heavy (non-hydrogen) atoms. The van der Waals surface area contributed by atoms with E-state index < -0.39 is 0 Å². The first-order valence-electron chi connectivity index (χ1n) is 11.7. The molecule has 0 radical (unpaired) electrons. The number of carbonyl (C=O) groups is 1. The molecular formula is C26H31N3O3. The Morgan fingerprint density at radius 3 is 2.59 bits per heavy atom. The van der Waals surface area contributed by atoms with Gasteiger partial charge in [-0.1, -0.05) is 18.9 Å². The highest BCUT2D eigenvalue weighted by Gasteiger charge is 2.29. The monoisotopic (exact) mass is 433 g/mol. The first kappa shape index (κ1) is 20.9. The maximum Gasteiger partial charge on any atom is 0.222 e. The Morgan fingerprint density at radius 2 is 1.84 bits per heavy atom. The smallest absolute Gasteiger partial charge is 0.222 e. The number of amidine groups is 1. The van der Waals surface area contributed by atoms with Gasteiger partial charge in [0.2, 0.25) is 5.91 Å². The van der Waals surface area contributed by atoms with E-state index in [1.165, 1.54) is 25.7 Å². The van der Waals surface area contributed by atoms with Crippen LogP contribution in [0, 0.1) is 12.8 Å². The number of benzene rings is 2. The largest absolute Gasteiger partial charge is 0.497 e. The molecule has 2 aromatic rings. The third-order valence-electron chi connectivity index (χ3n) is 6.86. The Kier molecular flexibility index (Phi) is 5.77. The van der Waals surface area contributed by atoms with Gasteiger partial charge in [-0.15, -0.1) is 0 Å². The van der Waals surface area contributed by atoms with Crippen LogP contribution in [-0.2, 0) is 4.79 Å². The van der Waals surface area contributed by atoms with Crippen molar-refractivity contribution in [3.63, 3.8) is 0 Å². The van der Waals surface area contributed by atoms with Crippen molar-refractivity contribution < 1.29 is 14.3 Å². The van der Waals surface area contributed by atoms with E-state index >= 15 is 0 Å². The van der Waals surface area contributed by atoms with Gasteiger partial charge in [0.1, 0.15) is 23.0 Å². The number of piperazine rings is 1. The van der Waals surface area contributed by atoms with Crippen molar-refractivity contribution in [2.75, 3.05) is 33.3 Å². The predicted octanol–water partition coefficient (Wildman–Crippen LogP) is 4.91.